The lowest BCUT2D eigenvalue weighted by molar-refractivity contribution is -0.192. The number of likely N-dealkylation sites (tertiary alicyclic amines) is 1. The van der Waals surface area contributed by atoms with Crippen molar-refractivity contribution in [2.75, 3.05) is 19.3 Å². The summed E-state index contributed by atoms with van der Waals surface area (Å²) >= 11 is 0. The summed E-state index contributed by atoms with van der Waals surface area (Å²) in [6, 6.07) is 5.48. The number of carboxylic acids is 1. The fourth-order valence-corrected chi connectivity index (χ4v) is 3.53. The summed E-state index contributed by atoms with van der Waals surface area (Å²) in [5.74, 6) is -2.67. The van der Waals surface area contributed by atoms with Crippen LogP contribution in [0, 0.1) is 0 Å². The number of halogens is 3. The predicted octanol–water partition coefficient (Wildman–Crippen LogP) is 1.83. The number of aromatic nitrogens is 2. The van der Waals surface area contributed by atoms with Crippen molar-refractivity contribution in [2.45, 2.75) is 42.8 Å². The first-order valence-corrected chi connectivity index (χ1v) is 11.6. The molecule has 3 N–H and O–H groups in total. The van der Waals surface area contributed by atoms with Crippen LogP contribution in [0.15, 0.2) is 33.7 Å². The van der Waals surface area contributed by atoms with Crippen LogP contribution in [0.25, 0.3) is 11.4 Å². The van der Waals surface area contributed by atoms with E-state index < -0.39 is 33.9 Å². The van der Waals surface area contributed by atoms with Crippen molar-refractivity contribution in [3.63, 3.8) is 0 Å². The molecule has 1 aliphatic rings. The van der Waals surface area contributed by atoms with E-state index in [2.05, 4.69) is 10.1 Å². The number of hydrogen-bond acceptors (Lipinski definition) is 8. The van der Waals surface area contributed by atoms with Gasteiger partial charge in [-0.25, -0.2) is 13.2 Å². The molecule has 1 aliphatic heterocycles. The molecule has 1 aromatic carbocycles. The number of hydrogen-bond donors (Lipinski definition) is 2. The van der Waals surface area contributed by atoms with Gasteiger partial charge in [0.2, 0.25) is 17.6 Å². The fourth-order valence-electron chi connectivity index (χ4n) is 2.90. The molecule has 33 heavy (non-hydrogen) atoms. The molecule has 1 amide bonds. The molecule has 2 aromatic rings. The predicted molar refractivity (Wildman–Crippen MR) is 109 cm³/mol. The molecule has 0 unspecified atom stereocenters. The van der Waals surface area contributed by atoms with E-state index in [1.54, 1.807) is 24.0 Å². The topological polar surface area (TPSA) is 157 Å². The van der Waals surface area contributed by atoms with Crippen molar-refractivity contribution in [1.29, 1.82) is 0 Å². The SMILES string of the molecule is C[C@H](c1nc(-c2ccc(S(C)(=O)=O)cc2)no1)[C@H](N)C(=O)N1CCCC1.O=C(O)C(F)(F)F. The lowest BCUT2D eigenvalue weighted by atomic mass is 10.0. The van der Waals surface area contributed by atoms with Crippen LogP contribution in [0.3, 0.4) is 0 Å². The van der Waals surface area contributed by atoms with Gasteiger partial charge in [0.25, 0.3) is 0 Å². The summed E-state index contributed by atoms with van der Waals surface area (Å²) in [7, 11) is -3.26. The summed E-state index contributed by atoms with van der Waals surface area (Å²) in [5.41, 5.74) is 6.73. The van der Waals surface area contributed by atoms with Crippen molar-refractivity contribution >= 4 is 21.7 Å². The van der Waals surface area contributed by atoms with Gasteiger partial charge in [0.15, 0.2) is 9.84 Å². The Morgan fingerprint density at radius 2 is 1.70 bits per heavy atom. The lowest BCUT2D eigenvalue weighted by Gasteiger charge is -2.22. The highest BCUT2D eigenvalue weighted by molar-refractivity contribution is 7.90. The van der Waals surface area contributed by atoms with Gasteiger partial charge in [-0.05, 0) is 37.1 Å². The second-order valence-corrected chi connectivity index (χ2v) is 9.42. The van der Waals surface area contributed by atoms with E-state index in [1.165, 1.54) is 12.1 Å². The van der Waals surface area contributed by atoms with Gasteiger partial charge in [-0.2, -0.15) is 18.2 Å². The van der Waals surface area contributed by atoms with Crippen LogP contribution in [-0.2, 0) is 19.4 Å². The second-order valence-electron chi connectivity index (χ2n) is 7.40. The monoisotopic (exact) mass is 492 g/mol. The second kappa shape index (κ2) is 10.3. The minimum atomic E-state index is -5.08. The van der Waals surface area contributed by atoms with E-state index in [0.717, 1.165) is 32.2 Å². The maximum atomic E-state index is 12.4. The molecule has 0 spiro atoms. The summed E-state index contributed by atoms with van der Waals surface area (Å²) in [6.07, 6.45) is -1.93. The first-order chi connectivity index (χ1) is 15.2. The molecule has 2 heterocycles. The number of aliphatic carboxylic acids is 1. The Morgan fingerprint density at radius 1 is 1.18 bits per heavy atom. The van der Waals surface area contributed by atoms with E-state index in [4.69, 9.17) is 20.2 Å². The zero-order valence-electron chi connectivity index (χ0n) is 17.7. The molecular formula is C19H23F3N4O6S. The molecule has 0 bridgehead atoms. The van der Waals surface area contributed by atoms with Crippen LogP contribution in [0.4, 0.5) is 13.2 Å². The van der Waals surface area contributed by atoms with Gasteiger partial charge in [0.1, 0.15) is 0 Å². The number of carbonyl (C=O) groups is 2. The normalized spacial score (nSPS) is 16.0. The zero-order valence-corrected chi connectivity index (χ0v) is 18.6. The Kier molecular flexibility index (Phi) is 8.19. The minimum Gasteiger partial charge on any atom is -0.475 e. The van der Waals surface area contributed by atoms with Crippen molar-refractivity contribution in [3.8, 4) is 11.4 Å². The molecule has 10 nitrogen and oxygen atoms in total. The van der Waals surface area contributed by atoms with E-state index in [1.807, 2.05) is 0 Å². The molecule has 1 saturated heterocycles. The number of sulfone groups is 1. The number of nitrogens with two attached hydrogens (primary N) is 1. The smallest absolute Gasteiger partial charge is 0.475 e. The van der Waals surface area contributed by atoms with Crippen LogP contribution in [0.5, 0.6) is 0 Å². The molecule has 1 fully saturated rings. The summed E-state index contributed by atoms with van der Waals surface area (Å²) < 4.78 is 60.1. The third kappa shape index (κ3) is 6.99. The van der Waals surface area contributed by atoms with Crippen LogP contribution in [0.2, 0.25) is 0 Å². The Hall–Kier alpha value is -3.00. The average molecular weight is 492 g/mol. The van der Waals surface area contributed by atoms with Crippen molar-refractivity contribution < 1.29 is 40.8 Å². The highest BCUT2D eigenvalue weighted by Gasteiger charge is 2.38. The quantitative estimate of drug-likeness (QED) is 0.635. The average Bonchev–Trinajstić information content (AvgIpc) is 3.43. The number of rotatable bonds is 5. The van der Waals surface area contributed by atoms with Crippen molar-refractivity contribution in [2.24, 2.45) is 5.73 Å². The van der Waals surface area contributed by atoms with Gasteiger partial charge < -0.3 is 20.3 Å². The summed E-state index contributed by atoms with van der Waals surface area (Å²) in [4.78, 5) is 27.6. The number of benzene rings is 1. The van der Waals surface area contributed by atoms with Crippen LogP contribution in [0.1, 0.15) is 31.6 Å². The standard InChI is InChI=1S/C17H22N4O4S.C2HF3O2/c1-11(14(18)17(22)21-9-3-4-10-21)16-19-15(20-25-16)12-5-7-13(8-6-12)26(2,23)24;3-2(4,5)1(6)7/h5-8,11,14H,3-4,9-10,18H2,1-2H3;(H,6,7)/t11-,14-;/m0./s1. The summed E-state index contributed by atoms with van der Waals surface area (Å²) in [5, 5.41) is 11.0. The third-order valence-corrected chi connectivity index (χ3v) is 5.98. The maximum absolute atomic E-state index is 12.4. The molecule has 3 rings (SSSR count). The van der Waals surface area contributed by atoms with Crippen LogP contribution < -0.4 is 5.73 Å². The Labute approximate surface area is 187 Å². The molecule has 1 aromatic heterocycles. The van der Waals surface area contributed by atoms with Gasteiger partial charge in [-0.3, -0.25) is 4.79 Å². The van der Waals surface area contributed by atoms with Gasteiger partial charge in [0, 0.05) is 24.9 Å². The number of amides is 1. The fraction of sp³-hybridized carbons (Fsp3) is 0.474. The first-order valence-electron chi connectivity index (χ1n) is 9.70. The van der Waals surface area contributed by atoms with Crippen LogP contribution in [-0.4, -0.2) is 72.0 Å². The van der Waals surface area contributed by atoms with E-state index in [0.29, 0.717) is 11.4 Å². The van der Waals surface area contributed by atoms with E-state index >= 15 is 0 Å². The number of carboxylic acid groups (broad SMARTS) is 1. The number of alkyl halides is 3. The molecule has 182 valence electrons. The molecule has 0 saturated carbocycles. The summed E-state index contributed by atoms with van der Waals surface area (Å²) in [6.45, 7) is 3.25. The Balaban J connectivity index is 0.000000479. The minimum absolute atomic E-state index is 0.104. The van der Waals surface area contributed by atoms with Crippen molar-refractivity contribution in [1.82, 2.24) is 15.0 Å². The molecule has 0 aliphatic carbocycles. The third-order valence-electron chi connectivity index (χ3n) is 4.86. The van der Waals surface area contributed by atoms with Crippen LogP contribution >= 0.6 is 0 Å². The highest BCUT2D eigenvalue weighted by atomic mass is 32.2. The highest BCUT2D eigenvalue weighted by Crippen LogP contribution is 2.24. The Morgan fingerprint density at radius 3 is 2.15 bits per heavy atom. The van der Waals surface area contributed by atoms with E-state index in [-0.39, 0.29) is 16.7 Å². The van der Waals surface area contributed by atoms with Gasteiger partial charge in [-0.1, -0.05) is 12.1 Å². The molecule has 0 radical (unpaired) electrons. The Bertz CT molecular complexity index is 1080. The molecule has 14 heteroatoms. The van der Waals surface area contributed by atoms with Gasteiger partial charge in [0.05, 0.1) is 16.9 Å². The molecule has 2 atom stereocenters. The number of carbonyl (C=O) groups excluding carboxylic acids is 1. The van der Waals surface area contributed by atoms with Gasteiger partial charge >= 0.3 is 12.1 Å². The van der Waals surface area contributed by atoms with Crippen molar-refractivity contribution in [3.05, 3.63) is 30.2 Å². The number of nitrogens with zero attached hydrogens (tertiary/aromatic N) is 3. The first kappa shape index (κ1) is 26.3. The maximum Gasteiger partial charge on any atom is 0.490 e. The van der Waals surface area contributed by atoms with Gasteiger partial charge in [-0.15, -0.1) is 0 Å². The zero-order chi connectivity index (χ0) is 25.0. The largest absolute Gasteiger partial charge is 0.490 e. The lowest BCUT2D eigenvalue weighted by Crippen LogP contribution is -2.45. The molecular weight excluding hydrogens is 469 g/mol. The van der Waals surface area contributed by atoms with E-state index in [9.17, 15) is 26.4 Å².